The zero-order valence-corrected chi connectivity index (χ0v) is 8.77. The molecule has 2 N–H and O–H groups in total. The van der Waals surface area contributed by atoms with Gasteiger partial charge in [0, 0.05) is 24.0 Å². The van der Waals surface area contributed by atoms with Crippen molar-refractivity contribution in [1.82, 2.24) is 10.3 Å². The van der Waals surface area contributed by atoms with Gasteiger partial charge in [0.25, 0.3) is 0 Å². The minimum atomic E-state index is 0.529. The van der Waals surface area contributed by atoms with Gasteiger partial charge in [0.2, 0.25) is 0 Å². The molecule has 2 rings (SSSR count). The van der Waals surface area contributed by atoms with E-state index < -0.39 is 0 Å². The largest absolute Gasteiger partial charge is 0.362 e. The van der Waals surface area contributed by atoms with Crippen LogP contribution < -0.4 is 5.32 Å². The van der Waals surface area contributed by atoms with Crippen molar-refractivity contribution in [2.24, 2.45) is 0 Å². The Balaban J connectivity index is 2.17. The fourth-order valence-electron chi connectivity index (χ4n) is 2.26. The highest BCUT2D eigenvalue weighted by atomic mass is 14.9. The van der Waals surface area contributed by atoms with Crippen LogP contribution in [0.2, 0.25) is 0 Å². The van der Waals surface area contributed by atoms with Crippen molar-refractivity contribution >= 4 is 0 Å². The molecule has 0 spiro atoms. The molecule has 1 unspecified atom stereocenters. The highest BCUT2D eigenvalue weighted by molar-refractivity contribution is 5.30. The maximum Gasteiger partial charge on any atom is 0.0340 e. The molecule has 76 valence electrons. The number of rotatable bonds is 3. The molecule has 0 amide bonds. The van der Waals surface area contributed by atoms with Gasteiger partial charge in [-0.05, 0) is 37.8 Å². The number of aryl methyl sites for hydroxylation is 2. The molecule has 1 atom stereocenters. The van der Waals surface area contributed by atoms with Crippen molar-refractivity contribution in [2.75, 3.05) is 6.54 Å². The highest BCUT2D eigenvalue weighted by Crippen LogP contribution is 2.29. The van der Waals surface area contributed by atoms with Gasteiger partial charge in [-0.2, -0.15) is 0 Å². The van der Waals surface area contributed by atoms with Crippen LogP contribution in [-0.4, -0.2) is 11.5 Å². The average Bonchev–Trinajstić information content (AvgIpc) is 2.55. The van der Waals surface area contributed by atoms with Gasteiger partial charge < -0.3 is 10.3 Å². The van der Waals surface area contributed by atoms with Gasteiger partial charge >= 0.3 is 0 Å². The van der Waals surface area contributed by atoms with Crippen molar-refractivity contribution in [3.63, 3.8) is 0 Å². The van der Waals surface area contributed by atoms with Crippen molar-refractivity contribution in [3.8, 4) is 0 Å². The minimum absolute atomic E-state index is 0.529. The van der Waals surface area contributed by atoms with Crippen molar-refractivity contribution in [1.29, 1.82) is 0 Å². The fraction of sp³-hybridized carbons (Fsp3) is 0.500. The van der Waals surface area contributed by atoms with Gasteiger partial charge in [-0.3, -0.25) is 0 Å². The summed E-state index contributed by atoms with van der Waals surface area (Å²) in [6.45, 7) is 6.76. The predicted molar refractivity (Wildman–Crippen MR) is 59.4 cm³/mol. The molecule has 14 heavy (non-hydrogen) atoms. The lowest BCUT2D eigenvalue weighted by atomic mass is 9.93. The Morgan fingerprint density at radius 3 is 3.36 bits per heavy atom. The smallest absolute Gasteiger partial charge is 0.0340 e. The zero-order valence-electron chi connectivity index (χ0n) is 8.77. The fourth-order valence-corrected chi connectivity index (χ4v) is 2.26. The number of nitrogens with one attached hydrogen (secondary N) is 2. The molecular formula is C12H18N2. The highest BCUT2D eigenvalue weighted by Gasteiger charge is 2.20. The first kappa shape index (κ1) is 9.53. The minimum Gasteiger partial charge on any atom is -0.362 e. The summed E-state index contributed by atoms with van der Waals surface area (Å²) in [5, 5.41) is 3.50. The third kappa shape index (κ3) is 1.75. The van der Waals surface area contributed by atoms with E-state index in [0.29, 0.717) is 6.04 Å². The van der Waals surface area contributed by atoms with Gasteiger partial charge in [0.15, 0.2) is 0 Å². The quantitative estimate of drug-likeness (QED) is 0.704. The van der Waals surface area contributed by atoms with Crippen LogP contribution in [0.25, 0.3) is 0 Å². The normalized spacial score (nSPS) is 20.5. The van der Waals surface area contributed by atoms with E-state index in [1.165, 1.54) is 36.2 Å². The summed E-state index contributed by atoms with van der Waals surface area (Å²) in [7, 11) is 0. The van der Waals surface area contributed by atoms with Crippen LogP contribution in [0.15, 0.2) is 18.7 Å². The Bertz CT molecular complexity index is 325. The number of aromatic nitrogens is 1. The molecule has 0 aromatic carbocycles. The van der Waals surface area contributed by atoms with Gasteiger partial charge in [0.1, 0.15) is 0 Å². The second-order valence-corrected chi connectivity index (χ2v) is 4.03. The van der Waals surface area contributed by atoms with Crippen LogP contribution in [0, 0.1) is 6.92 Å². The van der Waals surface area contributed by atoms with Gasteiger partial charge in [-0.25, -0.2) is 0 Å². The summed E-state index contributed by atoms with van der Waals surface area (Å²) in [6.07, 6.45) is 5.66. The topological polar surface area (TPSA) is 27.8 Å². The van der Waals surface area contributed by atoms with Gasteiger partial charge in [-0.15, -0.1) is 6.58 Å². The average molecular weight is 190 g/mol. The van der Waals surface area contributed by atoms with E-state index in [0.717, 1.165) is 6.54 Å². The van der Waals surface area contributed by atoms with Crippen LogP contribution in [0.5, 0.6) is 0 Å². The molecule has 2 heteroatoms. The van der Waals surface area contributed by atoms with Crippen molar-refractivity contribution in [3.05, 3.63) is 35.7 Å². The molecule has 1 aliphatic carbocycles. The Morgan fingerprint density at radius 2 is 2.57 bits per heavy atom. The lowest BCUT2D eigenvalue weighted by Crippen LogP contribution is -2.24. The van der Waals surface area contributed by atoms with Crippen LogP contribution in [0.4, 0.5) is 0 Å². The summed E-state index contributed by atoms with van der Waals surface area (Å²) in [6, 6.07) is 2.80. The van der Waals surface area contributed by atoms with E-state index in [9.17, 15) is 0 Å². The predicted octanol–water partition coefficient (Wildman–Crippen LogP) is 2.48. The first-order valence-electron chi connectivity index (χ1n) is 5.34. The van der Waals surface area contributed by atoms with Crippen LogP contribution in [0.1, 0.15) is 35.8 Å². The molecule has 0 bridgehead atoms. The summed E-state index contributed by atoms with van der Waals surface area (Å²) in [5.74, 6) is 0. The summed E-state index contributed by atoms with van der Waals surface area (Å²) in [5.41, 5.74) is 4.17. The van der Waals surface area contributed by atoms with Gasteiger partial charge in [0.05, 0.1) is 0 Å². The standard InChI is InChI=1S/C12H18N2/c1-3-7-13-11-5-4-6-12-10(11)8-9(2)14-12/h3,8,11,13-14H,1,4-7H2,2H3. The van der Waals surface area contributed by atoms with Crippen LogP contribution in [-0.2, 0) is 6.42 Å². The molecule has 1 aliphatic rings. The maximum atomic E-state index is 3.74. The van der Waals surface area contributed by atoms with E-state index in [2.05, 4.69) is 29.9 Å². The SMILES string of the molecule is C=CCNC1CCCc2[nH]c(C)cc21. The Hall–Kier alpha value is -1.02. The van der Waals surface area contributed by atoms with Crippen molar-refractivity contribution in [2.45, 2.75) is 32.2 Å². The summed E-state index contributed by atoms with van der Waals surface area (Å²) >= 11 is 0. The molecule has 0 fully saturated rings. The van der Waals surface area contributed by atoms with E-state index in [1.54, 1.807) is 0 Å². The first-order valence-corrected chi connectivity index (χ1v) is 5.34. The van der Waals surface area contributed by atoms with E-state index in [1.807, 2.05) is 6.08 Å². The third-order valence-corrected chi connectivity index (χ3v) is 2.87. The molecule has 1 aromatic heterocycles. The monoisotopic (exact) mass is 190 g/mol. The number of hydrogen-bond donors (Lipinski definition) is 2. The second kappa shape index (κ2) is 4.01. The summed E-state index contributed by atoms with van der Waals surface area (Å²) in [4.78, 5) is 3.44. The number of fused-ring (bicyclic) bond motifs is 1. The molecular weight excluding hydrogens is 172 g/mol. The number of aromatic amines is 1. The maximum absolute atomic E-state index is 3.74. The molecule has 0 radical (unpaired) electrons. The van der Waals surface area contributed by atoms with E-state index >= 15 is 0 Å². The lowest BCUT2D eigenvalue weighted by Gasteiger charge is -2.23. The Kier molecular flexibility index (Phi) is 2.73. The van der Waals surface area contributed by atoms with Crippen molar-refractivity contribution < 1.29 is 0 Å². The Labute approximate surface area is 85.4 Å². The summed E-state index contributed by atoms with van der Waals surface area (Å²) < 4.78 is 0. The molecule has 0 saturated carbocycles. The molecule has 0 aliphatic heterocycles. The second-order valence-electron chi connectivity index (χ2n) is 4.03. The molecule has 1 heterocycles. The lowest BCUT2D eigenvalue weighted by molar-refractivity contribution is 0.479. The van der Waals surface area contributed by atoms with E-state index in [-0.39, 0.29) is 0 Å². The van der Waals surface area contributed by atoms with Crippen LogP contribution >= 0.6 is 0 Å². The first-order chi connectivity index (χ1) is 6.81. The van der Waals surface area contributed by atoms with Gasteiger partial charge in [-0.1, -0.05) is 6.08 Å². The number of hydrogen-bond acceptors (Lipinski definition) is 1. The van der Waals surface area contributed by atoms with Crippen LogP contribution in [0.3, 0.4) is 0 Å². The third-order valence-electron chi connectivity index (χ3n) is 2.87. The zero-order chi connectivity index (χ0) is 9.97. The number of H-pyrrole nitrogens is 1. The van der Waals surface area contributed by atoms with E-state index in [4.69, 9.17) is 0 Å². The molecule has 0 saturated heterocycles. The Morgan fingerprint density at radius 1 is 1.71 bits per heavy atom. The molecule has 1 aromatic rings. The molecule has 2 nitrogen and oxygen atoms in total.